The van der Waals surface area contributed by atoms with Crippen molar-refractivity contribution < 1.29 is 0 Å². The highest BCUT2D eigenvalue weighted by atomic mass is 16.1. The maximum atomic E-state index is 11.9. The molecule has 0 spiro atoms. The lowest BCUT2D eigenvalue weighted by Gasteiger charge is -2.15. The van der Waals surface area contributed by atoms with E-state index in [2.05, 4.69) is 20.3 Å². The highest BCUT2D eigenvalue weighted by Gasteiger charge is 2.14. The largest absolute Gasteiger partial charge is 0.361 e. The monoisotopic (exact) mass is 256 g/mol. The summed E-state index contributed by atoms with van der Waals surface area (Å²) in [5.74, 6) is 0.407. The Labute approximate surface area is 111 Å². The third-order valence-corrected chi connectivity index (χ3v) is 3.35. The molecule has 5 nitrogen and oxygen atoms in total. The molecular formula is C14H16N4O. The van der Waals surface area contributed by atoms with E-state index in [1.165, 1.54) is 0 Å². The summed E-state index contributed by atoms with van der Waals surface area (Å²) in [5, 5.41) is 3.08. The molecule has 1 aliphatic rings. The molecule has 2 N–H and O–H groups in total. The number of fused-ring (bicyclic) bond motifs is 1. The van der Waals surface area contributed by atoms with E-state index >= 15 is 0 Å². The normalized spacial score (nSPS) is 13.9. The number of H-pyrrole nitrogens is 1. The zero-order valence-electron chi connectivity index (χ0n) is 10.6. The van der Waals surface area contributed by atoms with Crippen LogP contribution in [0.1, 0.15) is 29.8 Å². The van der Waals surface area contributed by atoms with Crippen LogP contribution in [0.2, 0.25) is 0 Å². The molecule has 2 aromatic rings. The van der Waals surface area contributed by atoms with Crippen molar-refractivity contribution in [2.75, 3.05) is 5.32 Å². The number of aryl methyl sites for hydroxylation is 2. The molecule has 0 aliphatic heterocycles. The second kappa shape index (κ2) is 5.22. The number of nitrogens with zero attached hydrogens (tertiary/aromatic N) is 2. The first-order valence-corrected chi connectivity index (χ1v) is 6.58. The van der Waals surface area contributed by atoms with Crippen LogP contribution in [0.4, 0.5) is 5.82 Å². The minimum Gasteiger partial charge on any atom is -0.361 e. The van der Waals surface area contributed by atoms with E-state index in [-0.39, 0.29) is 5.56 Å². The Morgan fingerprint density at radius 3 is 3.05 bits per heavy atom. The van der Waals surface area contributed by atoms with Gasteiger partial charge in [-0.25, -0.2) is 4.98 Å². The van der Waals surface area contributed by atoms with E-state index in [1.807, 2.05) is 12.1 Å². The van der Waals surface area contributed by atoms with Gasteiger partial charge in [-0.2, -0.15) is 0 Å². The van der Waals surface area contributed by atoms with Crippen LogP contribution >= 0.6 is 0 Å². The van der Waals surface area contributed by atoms with E-state index in [4.69, 9.17) is 0 Å². The van der Waals surface area contributed by atoms with Crippen LogP contribution in [0.15, 0.2) is 29.3 Å². The van der Waals surface area contributed by atoms with Crippen molar-refractivity contribution in [3.8, 4) is 0 Å². The number of aromatic amines is 1. The zero-order valence-corrected chi connectivity index (χ0v) is 10.6. The number of rotatable bonds is 3. The van der Waals surface area contributed by atoms with Crippen molar-refractivity contribution in [3.63, 3.8) is 0 Å². The minimum atomic E-state index is -0.135. The van der Waals surface area contributed by atoms with Gasteiger partial charge < -0.3 is 10.3 Å². The second-order valence-corrected chi connectivity index (χ2v) is 4.76. The van der Waals surface area contributed by atoms with Crippen LogP contribution < -0.4 is 10.9 Å². The maximum Gasteiger partial charge on any atom is 0.290 e. The number of nitrogens with one attached hydrogen (secondary N) is 2. The Bertz CT molecular complexity index is 621. The van der Waals surface area contributed by atoms with Gasteiger partial charge in [0.2, 0.25) is 0 Å². The lowest BCUT2D eigenvalue weighted by atomic mass is 10.0. The Morgan fingerprint density at radius 1 is 1.32 bits per heavy atom. The number of hydrogen-bond donors (Lipinski definition) is 2. The lowest BCUT2D eigenvalue weighted by Crippen LogP contribution is -2.22. The summed E-state index contributed by atoms with van der Waals surface area (Å²) in [5.41, 5.74) is 2.92. The molecule has 98 valence electrons. The van der Waals surface area contributed by atoms with Gasteiger partial charge >= 0.3 is 0 Å². The first kappa shape index (κ1) is 11.9. The van der Waals surface area contributed by atoms with Crippen molar-refractivity contribution >= 4 is 5.82 Å². The van der Waals surface area contributed by atoms with Gasteiger partial charge in [-0.3, -0.25) is 9.78 Å². The van der Waals surface area contributed by atoms with E-state index in [1.54, 1.807) is 12.4 Å². The predicted molar refractivity (Wildman–Crippen MR) is 73.1 cm³/mol. The molecule has 1 aliphatic carbocycles. The highest BCUT2D eigenvalue weighted by molar-refractivity contribution is 5.35. The third-order valence-electron chi connectivity index (χ3n) is 3.35. The molecule has 0 amide bonds. The summed E-state index contributed by atoms with van der Waals surface area (Å²) in [7, 11) is 0. The van der Waals surface area contributed by atoms with Gasteiger partial charge in [0, 0.05) is 24.6 Å². The topological polar surface area (TPSA) is 70.7 Å². The first-order valence-electron chi connectivity index (χ1n) is 6.58. The van der Waals surface area contributed by atoms with Crippen molar-refractivity contribution in [2.45, 2.75) is 32.2 Å². The summed E-state index contributed by atoms with van der Waals surface area (Å²) in [6, 6.07) is 3.84. The van der Waals surface area contributed by atoms with Crippen LogP contribution in [0.3, 0.4) is 0 Å². The molecule has 0 bridgehead atoms. The Kier molecular flexibility index (Phi) is 3.27. The van der Waals surface area contributed by atoms with Crippen LogP contribution in [0, 0.1) is 0 Å². The molecule has 3 rings (SSSR count). The van der Waals surface area contributed by atoms with Gasteiger partial charge in [0.15, 0.2) is 5.82 Å². The smallest absolute Gasteiger partial charge is 0.290 e. The summed E-state index contributed by atoms with van der Waals surface area (Å²) in [6.45, 7) is 0.558. The number of aromatic nitrogens is 3. The fourth-order valence-electron chi connectivity index (χ4n) is 2.34. The van der Waals surface area contributed by atoms with E-state index < -0.39 is 0 Å². The summed E-state index contributed by atoms with van der Waals surface area (Å²) in [6.07, 6.45) is 7.67. The van der Waals surface area contributed by atoms with Gasteiger partial charge in [-0.15, -0.1) is 0 Å². The van der Waals surface area contributed by atoms with E-state index in [0.29, 0.717) is 12.4 Å². The Balaban J connectivity index is 1.79. The molecule has 2 aromatic heterocycles. The lowest BCUT2D eigenvalue weighted by molar-refractivity contribution is 0.646. The zero-order chi connectivity index (χ0) is 13.1. The van der Waals surface area contributed by atoms with Crippen molar-refractivity contribution in [1.29, 1.82) is 0 Å². The predicted octanol–water partition coefficient (Wildman–Crippen LogP) is 1.66. The van der Waals surface area contributed by atoms with E-state index in [9.17, 15) is 4.79 Å². The summed E-state index contributed by atoms with van der Waals surface area (Å²) in [4.78, 5) is 23.3. The summed E-state index contributed by atoms with van der Waals surface area (Å²) >= 11 is 0. The molecule has 5 heteroatoms. The molecule has 0 saturated heterocycles. The first-order chi connectivity index (χ1) is 9.33. The minimum absolute atomic E-state index is 0.135. The molecule has 2 heterocycles. The van der Waals surface area contributed by atoms with Crippen molar-refractivity contribution in [3.05, 3.63) is 51.8 Å². The average molecular weight is 256 g/mol. The van der Waals surface area contributed by atoms with Gasteiger partial charge in [-0.1, -0.05) is 6.07 Å². The fourth-order valence-corrected chi connectivity index (χ4v) is 2.34. The van der Waals surface area contributed by atoms with Crippen LogP contribution in [-0.2, 0) is 19.4 Å². The molecule has 0 atom stereocenters. The molecule has 0 fully saturated rings. The van der Waals surface area contributed by atoms with Gasteiger partial charge in [0.1, 0.15) is 0 Å². The van der Waals surface area contributed by atoms with E-state index in [0.717, 1.165) is 42.6 Å². The SMILES string of the molecule is O=c1[nH]c2c(nc1NCc1cccnc1)CCCC2. The standard InChI is InChI=1S/C14H16N4O/c19-14-13(16-9-10-4-3-7-15-8-10)17-11-5-1-2-6-12(11)18-14/h3-4,7-8H,1-2,5-6,9H2,(H,16,17)(H,18,19). The second-order valence-electron chi connectivity index (χ2n) is 4.76. The van der Waals surface area contributed by atoms with Gasteiger partial charge in [-0.05, 0) is 37.3 Å². The summed E-state index contributed by atoms with van der Waals surface area (Å²) < 4.78 is 0. The molecule has 0 radical (unpaired) electrons. The molecule has 0 unspecified atom stereocenters. The quantitative estimate of drug-likeness (QED) is 0.876. The molecule has 0 aromatic carbocycles. The maximum absolute atomic E-state index is 11.9. The number of hydrogen-bond acceptors (Lipinski definition) is 4. The van der Waals surface area contributed by atoms with Gasteiger partial charge in [0.05, 0.1) is 5.69 Å². The molecular weight excluding hydrogens is 240 g/mol. The van der Waals surface area contributed by atoms with Crippen LogP contribution in [-0.4, -0.2) is 15.0 Å². The molecule has 0 saturated carbocycles. The highest BCUT2D eigenvalue weighted by Crippen LogP contribution is 2.17. The van der Waals surface area contributed by atoms with Crippen LogP contribution in [0.25, 0.3) is 0 Å². The van der Waals surface area contributed by atoms with Crippen molar-refractivity contribution in [1.82, 2.24) is 15.0 Å². The molecule has 19 heavy (non-hydrogen) atoms. The fraction of sp³-hybridized carbons (Fsp3) is 0.357. The van der Waals surface area contributed by atoms with Crippen LogP contribution in [0.5, 0.6) is 0 Å². The van der Waals surface area contributed by atoms with Crippen molar-refractivity contribution in [2.24, 2.45) is 0 Å². The number of pyridine rings is 1. The third kappa shape index (κ3) is 2.65. The number of anilines is 1. The Hall–Kier alpha value is -2.17. The van der Waals surface area contributed by atoms with Gasteiger partial charge in [0.25, 0.3) is 5.56 Å². The Morgan fingerprint density at radius 2 is 2.21 bits per heavy atom. The average Bonchev–Trinajstić information content (AvgIpc) is 2.46.